The lowest BCUT2D eigenvalue weighted by Crippen LogP contribution is -2.30. The van der Waals surface area contributed by atoms with Gasteiger partial charge >= 0.3 is 0 Å². The predicted octanol–water partition coefficient (Wildman–Crippen LogP) is 1.46. The van der Waals surface area contributed by atoms with Gasteiger partial charge in [-0.15, -0.1) is 0 Å². The smallest absolute Gasteiger partial charge is 0.287 e. The van der Waals surface area contributed by atoms with E-state index in [1.54, 1.807) is 36.4 Å². The highest BCUT2D eigenvalue weighted by molar-refractivity contribution is 7.85. The van der Waals surface area contributed by atoms with Crippen LogP contribution in [0.1, 0.15) is 10.6 Å². The molecule has 0 saturated heterocycles. The fourth-order valence-electron chi connectivity index (χ4n) is 2.23. The van der Waals surface area contributed by atoms with Gasteiger partial charge in [0.25, 0.3) is 11.5 Å². The summed E-state index contributed by atoms with van der Waals surface area (Å²) in [6, 6.07) is 15.8. The third kappa shape index (κ3) is 3.57. The van der Waals surface area contributed by atoms with Gasteiger partial charge in [0.2, 0.25) is 0 Å². The number of carbonyl (C=O) groups is 1. The van der Waals surface area contributed by atoms with Crippen LogP contribution < -0.4 is 10.9 Å². The SMILES string of the molecule is O=C(NCCS(=O)c1ccccc1)c1nc2ccccc2c(=O)[nH]1. The minimum Gasteiger partial charge on any atom is -0.348 e. The van der Waals surface area contributed by atoms with Gasteiger partial charge in [0.05, 0.1) is 21.7 Å². The van der Waals surface area contributed by atoms with Gasteiger partial charge in [0.1, 0.15) is 0 Å². The summed E-state index contributed by atoms with van der Waals surface area (Å²) < 4.78 is 12.1. The number of H-pyrrole nitrogens is 1. The molecule has 24 heavy (non-hydrogen) atoms. The second-order valence-electron chi connectivity index (χ2n) is 5.05. The molecule has 1 atom stereocenters. The molecule has 1 amide bonds. The zero-order chi connectivity index (χ0) is 16.9. The molecule has 1 unspecified atom stereocenters. The van der Waals surface area contributed by atoms with Gasteiger partial charge in [0.15, 0.2) is 5.82 Å². The molecular formula is C17H15N3O3S. The Morgan fingerprint density at radius 1 is 1.08 bits per heavy atom. The summed E-state index contributed by atoms with van der Waals surface area (Å²) in [4.78, 5) is 31.4. The lowest BCUT2D eigenvalue weighted by atomic mass is 10.2. The monoisotopic (exact) mass is 341 g/mol. The number of hydrogen-bond acceptors (Lipinski definition) is 4. The highest BCUT2D eigenvalue weighted by Gasteiger charge is 2.11. The summed E-state index contributed by atoms with van der Waals surface area (Å²) in [6.07, 6.45) is 0. The van der Waals surface area contributed by atoms with Gasteiger partial charge in [-0.05, 0) is 24.3 Å². The number of amides is 1. The number of hydrogen-bond donors (Lipinski definition) is 2. The van der Waals surface area contributed by atoms with Crippen molar-refractivity contribution in [2.45, 2.75) is 4.90 Å². The molecule has 122 valence electrons. The lowest BCUT2D eigenvalue weighted by Gasteiger charge is -2.06. The van der Waals surface area contributed by atoms with E-state index >= 15 is 0 Å². The Balaban J connectivity index is 1.65. The van der Waals surface area contributed by atoms with Gasteiger partial charge in [-0.3, -0.25) is 13.8 Å². The summed E-state index contributed by atoms with van der Waals surface area (Å²) in [5, 5.41) is 3.06. The molecule has 1 aromatic heterocycles. The van der Waals surface area contributed by atoms with Crippen LogP contribution in [0.4, 0.5) is 0 Å². The van der Waals surface area contributed by atoms with Crippen LogP contribution in [0, 0.1) is 0 Å². The van der Waals surface area contributed by atoms with E-state index in [1.807, 2.05) is 18.2 Å². The van der Waals surface area contributed by atoms with E-state index in [4.69, 9.17) is 0 Å². The van der Waals surface area contributed by atoms with Crippen LogP contribution in [0.5, 0.6) is 0 Å². The number of rotatable bonds is 5. The molecular weight excluding hydrogens is 326 g/mol. The van der Waals surface area contributed by atoms with Crippen LogP contribution in [0.25, 0.3) is 10.9 Å². The number of benzene rings is 2. The number of nitrogens with one attached hydrogen (secondary N) is 2. The van der Waals surface area contributed by atoms with Crippen LogP contribution in [-0.4, -0.2) is 32.4 Å². The number of nitrogens with zero attached hydrogens (tertiary/aromatic N) is 1. The first-order chi connectivity index (χ1) is 11.6. The summed E-state index contributed by atoms with van der Waals surface area (Å²) in [5.41, 5.74) is 0.0953. The summed E-state index contributed by atoms with van der Waals surface area (Å²) in [6.45, 7) is 0.219. The van der Waals surface area contributed by atoms with Crippen LogP contribution in [0.2, 0.25) is 0 Å². The standard InChI is InChI=1S/C17H15N3O3S/c21-16-13-8-4-5-9-14(13)19-15(20-16)17(22)18-10-11-24(23)12-6-2-1-3-7-12/h1-9H,10-11H2,(H,18,22)(H,19,20,21). The van der Waals surface area contributed by atoms with E-state index in [0.717, 1.165) is 0 Å². The minimum absolute atomic E-state index is 0.0517. The average Bonchev–Trinajstić information content (AvgIpc) is 2.62. The molecule has 0 aliphatic rings. The maximum absolute atomic E-state index is 12.1. The van der Waals surface area contributed by atoms with E-state index in [1.165, 1.54) is 0 Å². The van der Waals surface area contributed by atoms with E-state index < -0.39 is 16.7 Å². The molecule has 3 rings (SSSR count). The number of aromatic amines is 1. The molecule has 6 nitrogen and oxygen atoms in total. The molecule has 0 radical (unpaired) electrons. The Morgan fingerprint density at radius 3 is 2.58 bits per heavy atom. The van der Waals surface area contributed by atoms with Crippen molar-refractivity contribution in [2.75, 3.05) is 12.3 Å². The Hall–Kier alpha value is -2.80. The molecule has 0 aliphatic heterocycles. The second-order valence-corrected chi connectivity index (χ2v) is 6.62. The van der Waals surface area contributed by atoms with Crippen molar-refractivity contribution < 1.29 is 9.00 Å². The molecule has 1 heterocycles. The average molecular weight is 341 g/mol. The maximum atomic E-state index is 12.1. The molecule has 0 spiro atoms. The van der Waals surface area contributed by atoms with Crippen molar-refractivity contribution in [3.63, 3.8) is 0 Å². The number of aromatic nitrogens is 2. The third-order valence-corrected chi connectivity index (χ3v) is 4.78. The predicted molar refractivity (Wildman–Crippen MR) is 92.4 cm³/mol. The van der Waals surface area contributed by atoms with Crippen LogP contribution in [-0.2, 0) is 10.8 Å². The van der Waals surface area contributed by atoms with Gasteiger partial charge in [0, 0.05) is 17.2 Å². The van der Waals surface area contributed by atoms with Crippen molar-refractivity contribution in [1.82, 2.24) is 15.3 Å². The van der Waals surface area contributed by atoms with Gasteiger partial charge in [-0.2, -0.15) is 0 Å². The molecule has 0 aliphatic carbocycles. The molecule has 0 bridgehead atoms. The summed E-state index contributed by atoms with van der Waals surface area (Å²) >= 11 is 0. The van der Waals surface area contributed by atoms with Crippen LogP contribution in [0.3, 0.4) is 0 Å². The first-order valence-corrected chi connectivity index (χ1v) is 8.68. The topological polar surface area (TPSA) is 91.9 Å². The third-order valence-electron chi connectivity index (χ3n) is 3.41. The van der Waals surface area contributed by atoms with Gasteiger partial charge in [-0.1, -0.05) is 30.3 Å². The van der Waals surface area contributed by atoms with E-state index in [-0.39, 0.29) is 23.7 Å². The first-order valence-electron chi connectivity index (χ1n) is 7.36. The van der Waals surface area contributed by atoms with E-state index in [0.29, 0.717) is 15.8 Å². The Kier molecular flexibility index (Phi) is 4.81. The largest absolute Gasteiger partial charge is 0.348 e. The number of fused-ring (bicyclic) bond motifs is 1. The minimum atomic E-state index is -1.19. The van der Waals surface area contributed by atoms with Crippen molar-refractivity contribution in [1.29, 1.82) is 0 Å². The zero-order valence-electron chi connectivity index (χ0n) is 12.7. The molecule has 0 fully saturated rings. The maximum Gasteiger partial charge on any atom is 0.287 e. The number of carbonyl (C=O) groups excluding carboxylic acids is 1. The van der Waals surface area contributed by atoms with Crippen LogP contribution in [0.15, 0.2) is 64.3 Å². The fourth-order valence-corrected chi connectivity index (χ4v) is 3.21. The summed E-state index contributed by atoms with van der Waals surface area (Å²) in [5.74, 6) is -0.264. The normalized spacial score (nSPS) is 12.0. The molecule has 0 saturated carbocycles. The Labute approximate surface area is 140 Å². The molecule has 7 heteroatoms. The van der Waals surface area contributed by atoms with Crippen molar-refractivity contribution in [3.8, 4) is 0 Å². The quantitative estimate of drug-likeness (QED) is 0.735. The molecule has 2 N–H and O–H groups in total. The Bertz CT molecular complexity index is 954. The Morgan fingerprint density at radius 2 is 1.79 bits per heavy atom. The van der Waals surface area contributed by atoms with Gasteiger partial charge in [-0.25, -0.2) is 4.98 Å². The van der Waals surface area contributed by atoms with Crippen molar-refractivity contribution in [3.05, 3.63) is 70.8 Å². The molecule has 3 aromatic rings. The summed E-state index contributed by atoms with van der Waals surface area (Å²) in [7, 11) is -1.19. The number of para-hydroxylation sites is 1. The lowest BCUT2D eigenvalue weighted by molar-refractivity contribution is 0.0946. The van der Waals surface area contributed by atoms with Gasteiger partial charge < -0.3 is 10.3 Å². The fraction of sp³-hybridized carbons (Fsp3) is 0.118. The van der Waals surface area contributed by atoms with E-state index in [2.05, 4.69) is 15.3 Å². The van der Waals surface area contributed by atoms with Crippen molar-refractivity contribution in [2.24, 2.45) is 0 Å². The zero-order valence-corrected chi connectivity index (χ0v) is 13.5. The van der Waals surface area contributed by atoms with E-state index in [9.17, 15) is 13.8 Å². The highest BCUT2D eigenvalue weighted by Crippen LogP contribution is 2.06. The molecule has 2 aromatic carbocycles. The van der Waals surface area contributed by atoms with Crippen molar-refractivity contribution >= 4 is 27.6 Å². The van der Waals surface area contributed by atoms with Crippen LogP contribution >= 0.6 is 0 Å². The second kappa shape index (κ2) is 7.18. The first kappa shape index (κ1) is 16.1. The highest BCUT2D eigenvalue weighted by atomic mass is 32.2.